The first-order valence-corrected chi connectivity index (χ1v) is 22.0. The van der Waals surface area contributed by atoms with E-state index in [0.29, 0.717) is 66.0 Å². The lowest BCUT2D eigenvalue weighted by Gasteiger charge is -2.62. The zero-order valence-corrected chi connectivity index (χ0v) is 36.5. The number of aromatic carboxylic acids is 1. The van der Waals surface area contributed by atoms with Crippen LogP contribution in [0.4, 0.5) is 14.5 Å². The molecule has 10 atom stereocenters. The number of ketones is 2. The lowest BCUT2D eigenvalue weighted by Crippen LogP contribution is -2.70. The number of pyridine rings is 1. The number of aliphatic hydroxyl groups is 3. The largest absolute Gasteiger partial charge is 0.492 e. The Morgan fingerprint density at radius 2 is 1.75 bits per heavy atom. The number of fused-ring (bicyclic) bond motifs is 7. The van der Waals surface area contributed by atoms with Gasteiger partial charge in [0.05, 0.1) is 24.1 Å². The molecule has 14 heteroatoms. The first kappa shape index (κ1) is 43.7. The standard InChI is InChI=1S/C24H33FO5.C23H28FN3O4/c1-13-10-17-16-7-6-14-11-15(26)8-9-21(14,4)23(16,25)18(27)12-22(17,5)24(13,30)19(28)20(2,3)29;1-11-16-19(27(14-6-7-14)12(2)17(21(16)28)23(29)30)22(31-3)20(18(11)24)26-9-13-5-4-8-25-15(13)10-26/h8-9,11,13,16-18,27,29-30H,6-7,10,12H2,1-5H3;13-15,25H,4-10H2,1-3H3,(H,29,30)/t13-,16-,17-,18-,21-,22-,23-,24-;/m0./s1. The molecule has 1 aromatic carbocycles. The van der Waals surface area contributed by atoms with Crippen LogP contribution < -0.4 is 20.4 Å². The average molecular weight is 850 g/mol. The van der Waals surface area contributed by atoms with Crippen LogP contribution in [-0.4, -0.2) is 98.3 Å². The summed E-state index contributed by atoms with van der Waals surface area (Å²) >= 11 is 0. The molecule has 2 aliphatic heterocycles. The van der Waals surface area contributed by atoms with Crippen LogP contribution in [0.5, 0.6) is 5.75 Å². The Labute approximate surface area is 355 Å². The molecule has 9 rings (SSSR count). The molecule has 0 bridgehead atoms. The normalized spacial score (nSPS) is 36.6. The van der Waals surface area contributed by atoms with Crippen molar-refractivity contribution in [3.05, 3.63) is 56.7 Å². The van der Waals surface area contributed by atoms with Gasteiger partial charge in [0.25, 0.3) is 0 Å². The summed E-state index contributed by atoms with van der Waals surface area (Å²) in [6.45, 7) is 13.6. The number of anilines is 1. The number of alkyl halides is 1. The Hall–Kier alpha value is -3.98. The van der Waals surface area contributed by atoms with Crippen LogP contribution in [0, 0.1) is 54.2 Å². The lowest BCUT2D eigenvalue weighted by molar-refractivity contribution is -0.223. The van der Waals surface area contributed by atoms with Crippen LogP contribution in [0.2, 0.25) is 0 Å². The van der Waals surface area contributed by atoms with E-state index in [1.165, 1.54) is 33.1 Å². The molecule has 332 valence electrons. The number of aromatic nitrogens is 1. The molecule has 2 saturated heterocycles. The van der Waals surface area contributed by atoms with Crippen LogP contribution in [0.25, 0.3) is 10.9 Å². The minimum atomic E-state index is -2.00. The number of ether oxygens (including phenoxy) is 1. The molecule has 4 saturated carbocycles. The third-order valence-corrected chi connectivity index (χ3v) is 16.4. The summed E-state index contributed by atoms with van der Waals surface area (Å²) in [6.07, 6.45) is 8.38. The number of rotatable bonds is 6. The van der Waals surface area contributed by atoms with Gasteiger partial charge in [-0.15, -0.1) is 0 Å². The zero-order chi connectivity index (χ0) is 44.5. The van der Waals surface area contributed by atoms with Crippen molar-refractivity contribution in [1.82, 2.24) is 9.88 Å². The Morgan fingerprint density at radius 3 is 2.36 bits per heavy atom. The Balaban J connectivity index is 0.000000169. The second-order valence-corrected chi connectivity index (χ2v) is 20.2. The summed E-state index contributed by atoms with van der Waals surface area (Å²) < 4.78 is 40.5. The van der Waals surface area contributed by atoms with E-state index in [4.69, 9.17) is 4.74 Å². The zero-order valence-electron chi connectivity index (χ0n) is 36.5. The van der Waals surface area contributed by atoms with E-state index in [0.717, 1.165) is 38.8 Å². The summed E-state index contributed by atoms with van der Waals surface area (Å²) in [7, 11) is 1.50. The van der Waals surface area contributed by atoms with Gasteiger partial charge in [0.15, 0.2) is 28.8 Å². The van der Waals surface area contributed by atoms with E-state index >= 15 is 8.78 Å². The number of hydrogen-bond donors (Lipinski definition) is 5. The second kappa shape index (κ2) is 14.5. The number of benzene rings is 1. The van der Waals surface area contributed by atoms with E-state index in [2.05, 4.69) is 5.32 Å². The quantitative estimate of drug-likeness (QED) is 0.242. The van der Waals surface area contributed by atoms with Crippen molar-refractivity contribution in [2.24, 2.45) is 34.5 Å². The molecule has 1 aromatic heterocycles. The van der Waals surface area contributed by atoms with Gasteiger partial charge in [0.2, 0.25) is 5.43 Å². The maximum atomic E-state index is 17.0. The van der Waals surface area contributed by atoms with Gasteiger partial charge in [0, 0.05) is 53.2 Å². The Bertz CT molecular complexity index is 2330. The van der Waals surface area contributed by atoms with Crippen molar-refractivity contribution in [2.45, 2.75) is 135 Å². The topological polar surface area (TPSA) is 179 Å². The number of aryl methyl sites for hydroxylation is 1. The van der Waals surface area contributed by atoms with Gasteiger partial charge < -0.3 is 39.9 Å². The van der Waals surface area contributed by atoms with Gasteiger partial charge in [0.1, 0.15) is 22.5 Å². The van der Waals surface area contributed by atoms with Gasteiger partial charge in [-0.05, 0) is 122 Å². The smallest absolute Gasteiger partial charge is 0.341 e. The molecule has 3 heterocycles. The number of carboxylic acid groups (broad SMARTS) is 1. The number of aliphatic hydroxyl groups excluding tert-OH is 1. The van der Waals surface area contributed by atoms with E-state index in [1.54, 1.807) is 40.7 Å². The molecule has 7 aliphatic rings. The van der Waals surface area contributed by atoms with Crippen molar-refractivity contribution in [3.8, 4) is 5.75 Å². The Kier molecular flexibility index (Phi) is 10.4. The maximum Gasteiger partial charge on any atom is 0.341 e. The summed E-state index contributed by atoms with van der Waals surface area (Å²) in [5.74, 6) is -3.21. The third kappa shape index (κ3) is 6.08. The molecule has 5 aliphatic carbocycles. The SMILES string of the molecule is COc1c(N2CC3CCCNC3C2)c(F)c(C)c2c(=O)c(C(=O)O)c(C)n(C3CC3)c12.C[C@H]1C[C@H]2[C@@H]3CCC4=CC(=O)C=C[C@]4(C)[C@@]3(F)[C@@H](O)C[C@]2(C)[C@@]1(O)C(=O)C(C)(C)O. The number of nitrogens with one attached hydrogen (secondary N) is 1. The second-order valence-electron chi connectivity index (χ2n) is 20.2. The number of allylic oxidation sites excluding steroid dienone is 4. The number of nitrogens with zero attached hydrogens (tertiary/aromatic N) is 2. The number of carbonyl (C=O) groups is 3. The monoisotopic (exact) mass is 849 g/mol. The van der Waals surface area contributed by atoms with Gasteiger partial charge >= 0.3 is 5.97 Å². The summed E-state index contributed by atoms with van der Waals surface area (Å²) in [6, 6.07) is 0.409. The number of hydrogen-bond acceptors (Lipinski definition) is 10. The highest BCUT2D eigenvalue weighted by Crippen LogP contribution is 2.71. The molecular weight excluding hydrogens is 789 g/mol. The van der Waals surface area contributed by atoms with Crippen molar-refractivity contribution in [1.29, 1.82) is 0 Å². The number of piperidine rings is 1. The fraction of sp³-hybridized carbons (Fsp3) is 0.660. The Morgan fingerprint density at radius 1 is 1.07 bits per heavy atom. The highest BCUT2D eigenvalue weighted by Gasteiger charge is 2.76. The molecule has 0 spiro atoms. The molecule has 2 unspecified atom stereocenters. The first-order chi connectivity index (χ1) is 28.5. The third-order valence-electron chi connectivity index (χ3n) is 16.4. The number of carbonyl (C=O) groups excluding carboxylic acids is 2. The summed E-state index contributed by atoms with van der Waals surface area (Å²) in [5, 5.41) is 46.7. The van der Waals surface area contributed by atoms with Gasteiger partial charge in [-0.2, -0.15) is 0 Å². The van der Waals surface area contributed by atoms with Crippen LogP contribution in [0.1, 0.15) is 114 Å². The fourth-order valence-electron chi connectivity index (χ4n) is 13.1. The molecule has 61 heavy (non-hydrogen) atoms. The molecular formula is C47H61F2N3O9. The first-order valence-electron chi connectivity index (χ1n) is 22.0. The van der Waals surface area contributed by atoms with Crippen LogP contribution in [0.15, 0.2) is 28.6 Å². The number of Topliss-reactive ketones (excluding diaryl/α,β-unsaturated/α-hetero) is 1. The summed E-state index contributed by atoms with van der Waals surface area (Å²) in [5.41, 5.74) is -6.48. The van der Waals surface area contributed by atoms with Crippen molar-refractivity contribution in [3.63, 3.8) is 0 Å². The molecule has 0 radical (unpaired) electrons. The van der Waals surface area contributed by atoms with E-state index in [1.807, 2.05) is 9.47 Å². The van der Waals surface area contributed by atoms with Crippen LogP contribution in [-0.2, 0) is 9.59 Å². The number of carboxylic acids is 1. The molecule has 12 nitrogen and oxygen atoms in total. The van der Waals surface area contributed by atoms with Crippen LogP contribution in [0.3, 0.4) is 0 Å². The van der Waals surface area contributed by atoms with Gasteiger partial charge in [-0.25, -0.2) is 13.6 Å². The van der Waals surface area contributed by atoms with Crippen molar-refractivity contribution < 1.29 is 48.3 Å². The van der Waals surface area contributed by atoms with Crippen molar-refractivity contribution >= 4 is 34.1 Å². The predicted molar refractivity (Wildman–Crippen MR) is 225 cm³/mol. The highest BCUT2D eigenvalue weighted by molar-refractivity contribution is 6.02. The highest BCUT2D eigenvalue weighted by atomic mass is 19.1. The van der Waals surface area contributed by atoms with Crippen LogP contribution >= 0.6 is 0 Å². The summed E-state index contributed by atoms with van der Waals surface area (Å²) in [4.78, 5) is 52.3. The van der Waals surface area contributed by atoms with E-state index < -0.39 is 68.6 Å². The molecule has 0 amide bonds. The fourth-order valence-corrected chi connectivity index (χ4v) is 13.1. The number of halogens is 2. The van der Waals surface area contributed by atoms with Gasteiger partial charge in [-0.1, -0.05) is 25.5 Å². The molecule has 5 N–H and O–H groups in total. The number of methoxy groups -OCH3 is 1. The minimum absolute atomic E-state index is 0.0853. The van der Waals surface area contributed by atoms with E-state index in [-0.39, 0.29) is 40.7 Å². The van der Waals surface area contributed by atoms with Crippen molar-refractivity contribution in [2.75, 3.05) is 31.6 Å². The van der Waals surface area contributed by atoms with E-state index in [9.17, 15) is 39.6 Å². The predicted octanol–water partition coefficient (Wildman–Crippen LogP) is 5.66. The molecule has 6 fully saturated rings. The average Bonchev–Trinajstić information content (AvgIpc) is 3.90. The molecule has 2 aromatic rings. The van der Waals surface area contributed by atoms with Gasteiger partial charge in [-0.3, -0.25) is 14.4 Å². The minimum Gasteiger partial charge on any atom is -0.492 e. The lowest BCUT2D eigenvalue weighted by atomic mass is 9.44. The maximum absolute atomic E-state index is 17.0.